The first kappa shape index (κ1) is 14.4. The van der Waals surface area contributed by atoms with Crippen LogP contribution in [-0.4, -0.2) is 24.7 Å². The highest BCUT2D eigenvalue weighted by atomic mass is 28.4. The van der Waals surface area contributed by atoms with Crippen molar-refractivity contribution < 1.29 is 4.43 Å². The summed E-state index contributed by atoms with van der Waals surface area (Å²) < 4.78 is 8.17. The molecular formula is C13H26N2OSi. The quantitative estimate of drug-likeness (QED) is 0.769. The Morgan fingerprint density at radius 2 is 1.88 bits per heavy atom. The molecule has 1 heterocycles. The lowest BCUT2D eigenvalue weighted by Gasteiger charge is -2.36. The Balaban J connectivity index is 2.51. The Kier molecular flexibility index (Phi) is 4.20. The number of aryl methyl sites for hydroxylation is 2. The van der Waals surface area contributed by atoms with Crippen molar-refractivity contribution in [2.45, 2.75) is 59.3 Å². The molecule has 0 unspecified atom stereocenters. The number of rotatable bonds is 4. The third-order valence-electron chi connectivity index (χ3n) is 3.68. The molecule has 0 N–H and O–H groups in total. The lowest BCUT2D eigenvalue weighted by molar-refractivity contribution is 0.264. The monoisotopic (exact) mass is 254 g/mol. The van der Waals surface area contributed by atoms with E-state index in [1.165, 1.54) is 5.69 Å². The predicted molar refractivity (Wildman–Crippen MR) is 74.9 cm³/mol. The summed E-state index contributed by atoms with van der Waals surface area (Å²) in [5.41, 5.74) is 2.29. The second-order valence-electron chi connectivity index (χ2n) is 6.26. The van der Waals surface area contributed by atoms with Crippen LogP contribution in [0.1, 0.15) is 32.2 Å². The molecule has 0 radical (unpaired) electrons. The van der Waals surface area contributed by atoms with E-state index in [9.17, 15) is 0 Å². The van der Waals surface area contributed by atoms with Gasteiger partial charge in [0.15, 0.2) is 8.32 Å². The van der Waals surface area contributed by atoms with Crippen LogP contribution < -0.4 is 0 Å². The lowest BCUT2D eigenvalue weighted by Crippen LogP contribution is -2.41. The first-order chi connectivity index (χ1) is 7.63. The van der Waals surface area contributed by atoms with E-state index in [1.54, 1.807) is 0 Å². The molecule has 0 aliphatic rings. The first-order valence-electron chi connectivity index (χ1n) is 6.28. The van der Waals surface area contributed by atoms with E-state index < -0.39 is 8.32 Å². The largest absolute Gasteiger partial charge is 0.415 e. The van der Waals surface area contributed by atoms with Gasteiger partial charge in [0.1, 0.15) is 0 Å². The fraction of sp³-hybridized carbons (Fsp3) is 0.769. The summed E-state index contributed by atoms with van der Waals surface area (Å²) in [7, 11) is -1.61. The van der Waals surface area contributed by atoms with Crippen LogP contribution >= 0.6 is 0 Å². The molecule has 0 bridgehead atoms. The molecule has 0 saturated carbocycles. The number of hydrogen-bond donors (Lipinski definition) is 0. The summed E-state index contributed by atoms with van der Waals surface area (Å²) in [6.07, 6.45) is 0. The minimum absolute atomic E-state index is 0.280. The van der Waals surface area contributed by atoms with E-state index in [4.69, 9.17) is 4.43 Å². The van der Waals surface area contributed by atoms with Gasteiger partial charge in [-0.3, -0.25) is 4.68 Å². The minimum atomic E-state index is -1.61. The van der Waals surface area contributed by atoms with Gasteiger partial charge in [-0.25, -0.2) is 0 Å². The number of nitrogens with zero attached hydrogens (tertiary/aromatic N) is 2. The van der Waals surface area contributed by atoms with E-state index >= 15 is 0 Å². The highest BCUT2D eigenvalue weighted by Crippen LogP contribution is 2.36. The summed E-state index contributed by atoms with van der Waals surface area (Å²) in [5, 5.41) is 4.72. The Hall–Kier alpha value is -0.613. The van der Waals surface area contributed by atoms with Gasteiger partial charge in [0.2, 0.25) is 0 Å². The average molecular weight is 254 g/mol. The fourth-order valence-corrected chi connectivity index (χ4v) is 2.54. The summed E-state index contributed by atoms with van der Waals surface area (Å²) in [4.78, 5) is 0. The molecule has 0 atom stereocenters. The maximum absolute atomic E-state index is 6.14. The van der Waals surface area contributed by atoms with Crippen molar-refractivity contribution >= 4 is 8.32 Å². The molecular weight excluding hydrogens is 228 g/mol. The van der Waals surface area contributed by atoms with Crippen molar-refractivity contribution in [1.29, 1.82) is 0 Å². The molecule has 4 heteroatoms. The molecule has 0 saturated heterocycles. The topological polar surface area (TPSA) is 27.1 Å². The second-order valence-corrected chi connectivity index (χ2v) is 11.1. The second kappa shape index (κ2) is 4.94. The minimum Gasteiger partial charge on any atom is -0.415 e. The van der Waals surface area contributed by atoms with Crippen molar-refractivity contribution in [3.63, 3.8) is 0 Å². The van der Waals surface area contributed by atoms with Crippen molar-refractivity contribution in [2.75, 3.05) is 6.61 Å². The van der Waals surface area contributed by atoms with E-state index in [2.05, 4.69) is 52.0 Å². The summed E-state index contributed by atoms with van der Waals surface area (Å²) in [5.74, 6) is 0. The van der Waals surface area contributed by atoms with Gasteiger partial charge in [-0.15, -0.1) is 0 Å². The van der Waals surface area contributed by atoms with Crippen molar-refractivity contribution in [2.24, 2.45) is 0 Å². The number of hydrogen-bond acceptors (Lipinski definition) is 2. The number of aromatic nitrogens is 2. The zero-order valence-corrected chi connectivity index (χ0v) is 13.3. The first-order valence-corrected chi connectivity index (χ1v) is 9.19. The Morgan fingerprint density at radius 1 is 1.29 bits per heavy atom. The van der Waals surface area contributed by atoms with Gasteiger partial charge in [0, 0.05) is 5.69 Å². The molecule has 1 rings (SSSR count). The molecule has 17 heavy (non-hydrogen) atoms. The molecule has 98 valence electrons. The van der Waals surface area contributed by atoms with Gasteiger partial charge in [0.25, 0.3) is 0 Å². The van der Waals surface area contributed by atoms with Crippen LogP contribution in [0, 0.1) is 13.8 Å². The molecule has 0 aliphatic heterocycles. The third kappa shape index (κ3) is 3.68. The molecule has 1 aromatic rings. The van der Waals surface area contributed by atoms with Crippen molar-refractivity contribution in [3.8, 4) is 0 Å². The zero-order chi connectivity index (χ0) is 13.3. The van der Waals surface area contributed by atoms with Gasteiger partial charge in [0.05, 0.1) is 18.8 Å². The van der Waals surface area contributed by atoms with Gasteiger partial charge in [-0.05, 0) is 38.0 Å². The Morgan fingerprint density at radius 3 is 2.29 bits per heavy atom. The normalized spacial score (nSPS) is 13.1. The van der Waals surface area contributed by atoms with Gasteiger partial charge in [-0.1, -0.05) is 20.8 Å². The lowest BCUT2D eigenvalue weighted by atomic mass is 10.2. The summed E-state index contributed by atoms with van der Waals surface area (Å²) >= 11 is 0. The smallest absolute Gasteiger partial charge is 0.192 e. The maximum atomic E-state index is 6.14. The van der Waals surface area contributed by atoms with Crippen molar-refractivity contribution in [3.05, 3.63) is 17.5 Å². The van der Waals surface area contributed by atoms with Crippen LogP contribution in [0.25, 0.3) is 0 Å². The zero-order valence-electron chi connectivity index (χ0n) is 12.3. The molecule has 0 aliphatic carbocycles. The average Bonchev–Trinajstić information content (AvgIpc) is 2.43. The van der Waals surface area contributed by atoms with Crippen LogP contribution in [0.5, 0.6) is 0 Å². The van der Waals surface area contributed by atoms with Crippen LogP contribution in [0.15, 0.2) is 6.07 Å². The molecule has 1 aromatic heterocycles. The predicted octanol–water partition coefficient (Wildman–Crippen LogP) is 3.52. The Labute approximate surface area is 106 Å². The van der Waals surface area contributed by atoms with E-state index in [1.807, 2.05) is 11.6 Å². The molecule has 0 spiro atoms. The fourth-order valence-electron chi connectivity index (χ4n) is 1.51. The molecule has 3 nitrogen and oxygen atoms in total. The summed E-state index contributed by atoms with van der Waals surface area (Å²) in [6.45, 7) is 17.1. The SMILES string of the molecule is Cc1cc(C)n(CCO[Si](C)(C)C(C)(C)C)n1. The highest BCUT2D eigenvalue weighted by Gasteiger charge is 2.36. The van der Waals surface area contributed by atoms with Gasteiger partial charge < -0.3 is 4.43 Å². The van der Waals surface area contributed by atoms with Crippen LogP contribution in [0.4, 0.5) is 0 Å². The van der Waals surface area contributed by atoms with Crippen LogP contribution in [0.3, 0.4) is 0 Å². The molecule has 0 aromatic carbocycles. The Bertz CT molecular complexity index is 377. The highest BCUT2D eigenvalue weighted by molar-refractivity contribution is 6.74. The third-order valence-corrected chi connectivity index (χ3v) is 8.21. The van der Waals surface area contributed by atoms with Crippen LogP contribution in [-0.2, 0) is 11.0 Å². The standard InChI is InChI=1S/C13H26N2OSi/c1-11-10-12(2)15(14-11)8-9-16-17(6,7)13(3,4)5/h10H,8-9H2,1-7H3. The van der Waals surface area contributed by atoms with E-state index in [0.717, 1.165) is 18.8 Å². The van der Waals surface area contributed by atoms with E-state index in [-0.39, 0.29) is 5.04 Å². The summed E-state index contributed by atoms with van der Waals surface area (Å²) in [6, 6.07) is 2.10. The molecule has 0 amide bonds. The van der Waals surface area contributed by atoms with E-state index in [0.29, 0.717) is 0 Å². The van der Waals surface area contributed by atoms with Gasteiger partial charge >= 0.3 is 0 Å². The van der Waals surface area contributed by atoms with Gasteiger partial charge in [-0.2, -0.15) is 5.10 Å². The van der Waals surface area contributed by atoms with Crippen LogP contribution in [0.2, 0.25) is 18.1 Å². The van der Waals surface area contributed by atoms with Crippen molar-refractivity contribution in [1.82, 2.24) is 9.78 Å². The maximum Gasteiger partial charge on any atom is 0.192 e. The molecule has 0 fully saturated rings.